The van der Waals surface area contributed by atoms with E-state index in [0.717, 1.165) is 46.3 Å². The lowest BCUT2D eigenvalue weighted by atomic mass is 9.88. The van der Waals surface area contributed by atoms with Crippen LogP contribution in [0.2, 0.25) is 0 Å². The summed E-state index contributed by atoms with van der Waals surface area (Å²) in [6, 6.07) is 13.8. The largest absolute Gasteiger partial charge is 0.464 e. The summed E-state index contributed by atoms with van der Waals surface area (Å²) in [7, 11) is 2.56. The SMILES string of the molecule is COC(=O)N[C@H](C(=O)N1CCC[C@H]1c1ncc(-c2cc(F)c3c(c2)OC(c2ccc(C4CCCCC4)s2)n2c-3cc3cc(-c4cnc([C@@H]5CCCN5C(=O)[C@@H](NC(=O)OC)C(C)C)[nH]4)ccc32)[nH]1)C(C)C.S.S.S.S. The minimum absolute atomic E-state index is 0. The molecular formula is C53H70FN9O7S5. The van der Waals surface area contributed by atoms with E-state index in [1.807, 2.05) is 52.0 Å². The Morgan fingerprint density at radius 3 is 1.79 bits per heavy atom. The number of likely N-dealkylation sites (tertiary alicyclic amines) is 2. The summed E-state index contributed by atoms with van der Waals surface area (Å²) in [6.07, 6.45) is 10.6. The number of thiophene rings is 1. The first-order valence-electron chi connectivity index (χ1n) is 25.0. The molecule has 3 fully saturated rings. The van der Waals surface area contributed by atoms with E-state index in [9.17, 15) is 19.2 Å². The van der Waals surface area contributed by atoms with Crippen molar-refractivity contribution < 1.29 is 37.8 Å². The maximum atomic E-state index is 17.0. The van der Waals surface area contributed by atoms with Gasteiger partial charge in [-0.25, -0.2) is 23.9 Å². The number of hydrogen-bond acceptors (Lipinski definition) is 10. The Balaban J connectivity index is 0.00000229. The molecular weight excluding hydrogens is 1050 g/mol. The Bertz CT molecular complexity index is 2990. The molecule has 1 saturated carbocycles. The second kappa shape index (κ2) is 24.8. The van der Waals surface area contributed by atoms with Gasteiger partial charge in [0.1, 0.15) is 35.3 Å². The number of rotatable bonds is 12. The highest BCUT2D eigenvalue weighted by molar-refractivity contribution is 7.59. The minimum atomic E-state index is -0.769. The lowest BCUT2D eigenvalue weighted by Gasteiger charge is -2.30. The average Bonchev–Trinajstić information content (AvgIpc) is 4.24. The molecule has 4 N–H and O–H groups in total. The molecule has 1 aliphatic carbocycles. The van der Waals surface area contributed by atoms with Gasteiger partial charge in [-0.05, 0) is 98.7 Å². The van der Waals surface area contributed by atoms with Crippen LogP contribution in [0.5, 0.6) is 5.75 Å². The van der Waals surface area contributed by atoms with E-state index in [1.165, 1.54) is 57.3 Å². The molecule has 0 bridgehead atoms. The first-order valence-corrected chi connectivity index (χ1v) is 25.8. The molecule has 22 heteroatoms. The number of nitrogens with zero attached hydrogens (tertiary/aromatic N) is 5. The van der Waals surface area contributed by atoms with Crippen molar-refractivity contribution in [3.05, 3.63) is 88.1 Å². The zero-order valence-electron chi connectivity index (χ0n) is 43.1. The quantitative estimate of drug-likeness (QED) is 0.0924. The van der Waals surface area contributed by atoms with Gasteiger partial charge in [0, 0.05) is 34.5 Å². The highest BCUT2D eigenvalue weighted by Gasteiger charge is 2.40. The number of carbonyl (C=O) groups is 4. The molecule has 7 heterocycles. The average molecular weight is 1120 g/mol. The van der Waals surface area contributed by atoms with Gasteiger partial charge in [0.2, 0.25) is 18.0 Å². The number of alkyl carbamates (subject to hydrolysis) is 2. The number of fused-ring (bicyclic) bond motifs is 5. The Hall–Kier alpha value is -5.29. The summed E-state index contributed by atoms with van der Waals surface area (Å²) in [5, 5.41) is 6.31. The van der Waals surface area contributed by atoms with Gasteiger partial charge in [-0.1, -0.05) is 53.0 Å². The van der Waals surface area contributed by atoms with Crippen LogP contribution < -0.4 is 15.4 Å². The van der Waals surface area contributed by atoms with E-state index < -0.39 is 36.3 Å². The Labute approximate surface area is 468 Å². The Morgan fingerprint density at radius 1 is 0.693 bits per heavy atom. The summed E-state index contributed by atoms with van der Waals surface area (Å²) in [4.78, 5) is 74.4. The Kier molecular flexibility index (Phi) is 19.5. The molecule has 4 amide bonds. The summed E-state index contributed by atoms with van der Waals surface area (Å²) in [5.74, 6) is 1.00. The molecule has 75 heavy (non-hydrogen) atoms. The molecule has 10 rings (SSSR count). The molecule has 6 aromatic rings. The molecule has 4 aromatic heterocycles. The van der Waals surface area contributed by atoms with Gasteiger partial charge in [-0.2, -0.15) is 54.0 Å². The summed E-state index contributed by atoms with van der Waals surface area (Å²) in [5.41, 5.74) is 4.73. The fraction of sp³-hybridized carbons (Fsp3) is 0.472. The van der Waals surface area contributed by atoms with Crippen molar-refractivity contribution in [3.8, 4) is 39.5 Å². The van der Waals surface area contributed by atoms with Crippen molar-refractivity contribution in [2.24, 2.45) is 11.8 Å². The maximum Gasteiger partial charge on any atom is 0.407 e. The van der Waals surface area contributed by atoms with Crippen LogP contribution in [-0.2, 0) is 19.1 Å². The van der Waals surface area contributed by atoms with Gasteiger partial charge in [-0.3, -0.25) is 14.2 Å². The number of benzene rings is 2. The topological polar surface area (TPSA) is 189 Å². The fourth-order valence-corrected chi connectivity index (χ4v) is 12.3. The molecule has 0 spiro atoms. The molecule has 5 atom stereocenters. The van der Waals surface area contributed by atoms with Gasteiger partial charge in [0.05, 0.1) is 71.7 Å². The van der Waals surface area contributed by atoms with E-state index in [1.54, 1.807) is 33.5 Å². The van der Waals surface area contributed by atoms with E-state index in [-0.39, 0.29) is 89.7 Å². The number of ether oxygens (including phenoxy) is 3. The third-order valence-corrected chi connectivity index (χ3v) is 16.1. The summed E-state index contributed by atoms with van der Waals surface area (Å²) < 4.78 is 35.8. The monoisotopic (exact) mass is 1120 g/mol. The van der Waals surface area contributed by atoms with Gasteiger partial charge >= 0.3 is 12.2 Å². The van der Waals surface area contributed by atoms with Crippen LogP contribution in [0.4, 0.5) is 14.0 Å². The van der Waals surface area contributed by atoms with E-state index in [2.05, 4.69) is 43.4 Å². The summed E-state index contributed by atoms with van der Waals surface area (Å²) in [6.45, 7) is 8.60. The number of hydrogen-bond donors (Lipinski definition) is 4. The van der Waals surface area contributed by atoms with Gasteiger partial charge in [-0.15, -0.1) is 11.3 Å². The number of halogens is 1. The minimum Gasteiger partial charge on any atom is -0.464 e. The van der Waals surface area contributed by atoms with Crippen molar-refractivity contribution in [2.45, 2.75) is 122 Å². The van der Waals surface area contributed by atoms with Crippen LogP contribution in [0.3, 0.4) is 0 Å². The molecule has 2 aromatic carbocycles. The van der Waals surface area contributed by atoms with Crippen LogP contribution in [0.1, 0.15) is 131 Å². The molecule has 16 nitrogen and oxygen atoms in total. The van der Waals surface area contributed by atoms with Crippen molar-refractivity contribution in [3.63, 3.8) is 0 Å². The number of aromatic amines is 2. The third kappa shape index (κ3) is 11.5. The predicted molar refractivity (Wildman–Crippen MR) is 309 cm³/mol. The lowest BCUT2D eigenvalue weighted by Crippen LogP contribution is -2.51. The molecule has 0 radical (unpaired) electrons. The number of carbonyl (C=O) groups excluding carboxylic acids is 4. The van der Waals surface area contributed by atoms with Crippen LogP contribution in [0.25, 0.3) is 44.7 Å². The molecule has 4 aliphatic rings. The zero-order valence-corrected chi connectivity index (χ0v) is 47.9. The van der Waals surface area contributed by atoms with E-state index in [0.29, 0.717) is 65.3 Å². The van der Waals surface area contributed by atoms with Gasteiger partial charge < -0.3 is 44.6 Å². The number of aromatic nitrogens is 5. The maximum absolute atomic E-state index is 17.0. The highest BCUT2D eigenvalue weighted by Crippen LogP contribution is 2.49. The summed E-state index contributed by atoms with van der Waals surface area (Å²) >= 11 is 1.77. The molecule has 3 aliphatic heterocycles. The highest BCUT2D eigenvalue weighted by atomic mass is 32.1. The first-order chi connectivity index (χ1) is 34.3. The zero-order chi connectivity index (χ0) is 49.7. The third-order valence-electron chi connectivity index (χ3n) is 14.8. The van der Waals surface area contributed by atoms with Gasteiger partial charge in [0.25, 0.3) is 0 Å². The number of H-pyrrole nitrogens is 2. The second-order valence-electron chi connectivity index (χ2n) is 20.0. The van der Waals surface area contributed by atoms with Crippen molar-refractivity contribution in [1.82, 2.24) is 44.9 Å². The van der Waals surface area contributed by atoms with Crippen LogP contribution in [0, 0.1) is 17.7 Å². The van der Waals surface area contributed by atoms with Crippen molar-refractivity contribution in [1.29, 1.82) is 0 Å². The fourth-order valence-electron chi connectivity index (χ4n) is 11.1. The predicted octanol–water partition coefficient (Wildman–Crippen LogP) is 10.8. The molecule has 2 saturated heterocycles. The number of amides is 4. The number of imidazole rings is 2. The van der Waals surface area contributed by atoms with Crippen LogP contribution in [-0.4, -0.2) is 97.7 Å². The smallest absolute Gasteiger partial charge is 0.407 e. The number of methoxy groups -OCH3 is 2. The second-order valence-corrected chi connectivity index (χ2v) is 21.2. The molecule has 406 valence electrons. The normalized spacial score (nSPS) is 18.9. The van der Waals surface area contributed by atoms with Gasteiger partial charge in [0.15, 0.2) is 0 Å². The standard InChI is InChI=1S/C53H62FN9O7S.4H2S/c1-28(2)45(59-52(66)68-5)49(64)61-20-10-14-38(61)47-55-26-35(57-47)31-16-17-37-33(22-31)24-40-44-34(54)23-32(25-41(44)70-51(63(37)40)43-19-18-42(71-43)30-12-8-7-9-13-30)36-27-56-48(58-36)39-15-11-21-62(39)50(65)46(29(3)4)60-53(67)69-6;;;;/h16-19,22-30,38-39,45-46,51H,7-15,20-21H2,1-6H3,(H,55,57)(H,56,58)(H,59,66)(H,60,67);4*1H2/t38-,39-,45-,46-,51?;;;;/m0..../s1. The lowest BCUT2D eigenvalue weighted by molar-refractivity contribution is -0.136. The van der Waals surface area contributed by atoms with Crippen LogP contribution >= 0.6 is 65.3 Å². The van der Waals surface area contributed by atoms with Crippen molar-refractivity contribution in [2.75, 3.05) is 27.3 Å². The van der Waals surface area contributed by atoms with E-state index >= 15 is 4.39 Å². The Morgan fingerprint density at radius 2 is 1.24 bits per heavy atom. The number of nitrogens with one attached hydrogen (secondary N) is 4. The van der Waals surface area contributed by atoms with E-state index in [4.69, 9.17) is 24.2 Å². The van der Waals surface area contributed by atoms with Crippen molar-refractivity contribution >= 4 is 100 Å². The van der Waals surface area contributed by atoms with Crippen LogP contribution in [0.15, 0.2) is 60.9 Å². The molecule has 1 unspecified atom stereocenters. The first kappa shape index (κ1) is 59.0.